The highest BCUT2D eigenvalue weighted by atomic mass is 35.5. The first-order chi connectivity index (χ1) is 12.5. The molecule has 140 valence electrons. The van der Waals surface area contributed by atoms with E-state index < -0.39 is 15.7 Å². The highest BCUT2D eigenvalue weighted by molar-refractivity contribution is 6.69. The topological polar surface area (TPSA) is 85.3 Å². The maximum atomic E-state index is 11.1. The van der Waals surface area contributed by atoms with Gasteiger partial charge in [0.2, 0.25) is 0 Å². The van der Waals surface area contributed by atoms with Gasteiger partial charge in [0.1, 0.15) is 0 Å². The molecule has 0 radical (unpaired) electrons. The zero-order chi connectivity index (χ0) is 20.7. The lowest BCUT2D eigenvalue weighted by molar-refractivity contribution is 0.100. The molecule has 0 fully saturated rings. The Kier molecular flexibility index (Phi) is 8.50. The van der Waals surface area contributed by atoms with E-state index in [1.165, 1.54) is 44.2 Å². The fraction of sp³-hybridized carbons (Fsp3) is 0.105. The van der Waals surface area contributed by atoms with Crippen molar-refractivity contribution < 1.29 is 24.0 Å². The predicted molar refractivity (Wildman–Crippen MR) is 103 cm³/mol. The van der Waals surface area contributed by atoms with Crippen molar-refractivity contribution in [3.8, 4) is 0 Å². The molecule has 0 aliphatic carbocycles. The predicted octanol–water partition coefficient (Wildman–Crippen LogP) is 4.92. The Morgan fingerprint density at radius 3 is 1.11 bits per heavy atom. The van der Waals surface area contributed by atoms with Gasteiger partial charge in [0.05, 0.1) is 0 Å². The normalized spacial score (nSPS) is 9.67. The van der Waals surface area contributed by atoms with E-state index in [4.69, 9.17) is 34.8 Å². The number of carbonyl (C=O) groups excluding carboxylic acids is 5. The molecule has 0 spiro atoms. The van der Waals surface area contributed by atoms with Crippen molar-refractivity contribution in [3.05, 3.63) is 70.3 Å². The first-order valence-electron chi connectivity index (χ1n) is 7.39. The van der Waals surface area contributed by atoms with Crippen LogP contribution >= 0.6 is 34.8 Å². The summed E-state index contributed by atoms with van der Waals surface area (Å²) in [5.41, 5.74) is 1.37. The zero-order valence-electron chi connectivity index (χ0n) is 14.2. The van der Waals surface area contributed by atoms with E-state index in [0.717, 1.165) is 0 Å². The van der Waals surface area contributed by atoms with Gasteiger partial charge >= 0.3 is 0 Å². The summed E-state index contributed by atoms with van der Waals surface area (Å²) in [7, 11) is 0. The van der Waals surface area contributed by atoms with E-state index in [1.54, 1.807) is 12.1 Å². The molecule has 5 nitrogen and oxygen atoms in total. The molecule has 0 atom stereocenters. The van der Waals surface area contributed by atoms with Gasteiger partial charge in [0.25, 0.3) is 15.7 Å². The van der Waals surface area contributed by atoms with Crippen molar-refractivity contribution in [2.75, 3.05) is 0 Å². The maximum absolute atomic E-state index is 11.1. The monoisotopic (exact) mass is 426 g/mol. The van der Waals surface area contributed by atoms with Crippen molar-refractivity contribution in [1.29, 1.82) is 0 Å². The standard InChI is InChI=1S/C10H6Cl2O3.C9H7ClO2/c1-5(13)6-2-7(9(11)14)4-8(3-6)10(12)15;1-6(11)7-2-4-8(5-3-7)9(10)12/h2-4H,1H3;2-5H,1H3. The van der Waals surface area contributed by atoms with Crippen LogP contribution in [0.2, 0.25) is 0 Å². The second-order valence-electron chi connectivity index (χ2n) is 5.31. The van der Waals surface area contributed by atoms with E-state index in [9.17, 15) is 24.0 Å². The van der Waals surface area contributed by atoms with Crippen LogP contribution in [0.25, 0.3) is 0 Å². The summed E-state index contributed by atoms with van der Waals surface area (Å²) in [6, 6.07) is 10.1. The van der Waals surface area contributed by atoms with Crippen LogP contribution < -0.4 is 0 Å². The number of hydrogen-bond acceptors (Lipinski definition) is 5. The molecule has 27 heavy (non-hydrogen) atoms. The minimum atomic E-state index is -0.739. The Labute approximate surface area is 170 Å². The van der Waals surface area contributed by atoms with Crippen LogP contribution in [-0.4, -0.2) is 27.3 Å². The lowest BCUT2D eigenvalue weighted by atomic mass is 10.0. The minimum absolute atomic E-state index is 0.0245. The van der Waals surface area contributed by atoms with Gasteiger partial charge < -0.3 is 0 Å². The SMILES string of the molecule is CC(=O)c1cc(C(=O)Cl)cc(C(=O)Cl)c1.CC(=O)c1ccc(C(=O)Cl)cc1. The van der Waals surface area contributed by atoms with Crippen LogP contribution in [0.4, 0.5) is 0 Å². The largest absolute Gasteiger partial charge is 0.295 e. The fourth-order valence-electron chi connectivity index (χ4n) is 1.89. The zero-order valence-corrected chi connectivity index (χ0v) is 16.5. The second kappa shape index (κ2) is 10.1. The molecular weight excluding hydrogens is 415 g/mol. The quantitative estimate of drug-likeness (QED) is 0.499. The third kappa shape index (κ3) is 7.06. The van der Waals surface area contributed by atoms with Crippen molar-refractivity contribution in [2.24, 2.45) is 0 Å². The molecule has 0 aromatic heterocycles. The summed E-state index contributed by atoms with van der Waals surface area (Å²) in [5, 5.41) is -1.99. The Balaban J connectivity index is 0.000000277. The van der Waals surface area contributed by atoms with E-state index in [0.29, 0.717) is 11.1 Å². The second-order valence-corrected chi connectivity index (χ2v) is 6.34. The number of rotatable bonds is 5. The minimum Gasteiger partial charge on any atom is -0.295 e. The third-order valence-electron chi connectivity index (χ3n) is 3.31. The molecule has 2 aromatic carbocycles. The van der Waals surface area contributed by atoms with Crippen molar-refractivity contribution >= 4 is 62.1 Å². The lowest BCUT2D eigenvalue weighted by Gasteiger charge is -2.01. The lowest BCUT2D eigenvalue weighted by Crippen LogP contribution is -2.01. The molecule has 2 aromatic rings. The van der Waals surface area contributed by atoms with Gasteiger partial charge in [-0.2, -0.15) is 0 Å². The van der Waals surface area contributed by atoms with Crippen LogP contribution in [0.3, 0.4) is 0 Å². The van der Waals surface area contributed by atoms with Gasteiger partial charge in [-0.3, -0.25) is 24.0 Å². The van der Waals surface area contributed by atoms with Crippen LogP contribution in [-0.2, 0) is 0 Å². The van der Waals surface area contributed by atoms with E-state index in [2.05, 4.69) is 0 Å². The molecule has 0 aliphatic rings. The molecule has 8 heteroatoms. The smallest absolute Gasteiger partial charge is 0.252 e. The van der Waals surface area contributed by atoms with Crippen molar-refractivity contribution in [3.63, 3.8) is 0 Å². The summed E-state index contributed by atoms with van der Waals surface area (Å²) in [6.45, 7) is 2.79. The number of carbonyl (C=O) groups is 5. The van der Waals surface area contributed by atoms with Gasteiger partial charge in [0, 0.05) is 27.8 Å². The Morgan fingerprint density at radius 2 is 0.815 bits per heavy atom. The summed E-state index contributed by atoms with van der Waals surface area (Å²) < 4.78 is 0. The molecular formula is C19H13Cl3O5. The molecule has 0 N–H and O–H groups in total. The van der Waals surface area contributed by atoms with E-state index in [1.807, 2.05) is 0 Å². The van der Waals surface area contributed by atoms with Gasteiger partial charge in [-0.15, -0.1) is 0 Å². The molecule has 0 saturated heterocycles. The van der Waals surface area contributed by atoms with Crippen LogP contribution in [0.5, 0.6) is 0 Å². The molecule has 0 heterocycles. The van der Waals surface area contributed by atoms with Gasteiger partial charge in [-0.05, 0) is 79.0 Å². The van der Waals surface area contributed by atoms with E-state index >= 15 is 0 Å². The Hall–Kier alpha value is -2.34. The molecule has 0 amide bonds. The molecule has 0 aliphatic heterocycles. The molecule has 0 bridgehead atoms. The summed E-state index contributed by atoms with van der Waals surface area (Å²) in [4.78, 5) is 54.3. The molecule has 2 rings (SSSR count). The fourth-order valence-corrected chi connectivity index (χ4v) is 2.24. The highest BCUT2D eigenvalue weighted by Gasteiger charge is 2.12. The van der Waals surface area contributed by atoms with Crippen LogP contribution in [0.15, 0.2) is 42.5 Å². The number of halogens is 3. The average Bonchev–Trinajstić information content (AvgIpc) is 2.61. The van der Waals surface area contributed by atoms with Crippen molar-refractivity contribution in [2.45, 2.75) is 13.8 Å². The van der Waals surface area contributed by atoms with E-state index in [-0.39, 0.29) is 28.3 Å². The Bertz CT molecular complexity index is 805. The average molecular weight is 428 g/mol. The number of hydrogen-bond donors (Lipinski definition) is 0. The van der Waals surface area contributed by atoms with Crippen molar-refractivity contribution in [1.82, 2.24) is 0 Å². The number of benzene rings is 2. The summed E-state index contributed by atoms with van der Waals surface area (Å²) in [6.07, 6.45) is 0. The van der Waals surface area contributed by atoms with Gasteiger partial charge in [-0.25, -0.2) is 0 Å². The van der Waals surface area contributed by atoms with Gasteiger partial charge in [0.15, 0.2) is 11.6 Å². The van der Waals surface area contributed by atoms with Crippen LogP contribution in [0, 0.1) is 0 Å². The molecule has 0 saturated carbocycles. The third-order valence-corrected chi connectivity index (χ3v) is 3.97. The Morgan fingerprint density at radius 1 is 0.519 bits per heavy atom. The highest BCUT2D eigenvalue weighted by Crippen LogP contribution is 2.15. The maximum Gasteiger partial charge on any atom is 0.252 e. The summed E-state index contributed by atoms with van der Waals surface area (Å²) in [5.74, 6) is -0.294. The summed E-state index contributed by atoms with van der Waals surface area (Å²) >= 11 is 15.7. The first kappa shape index (κ1) is 22.7. The van der Waals surface area contributed by atoms with Gasteiger partial charge in [-0.1, -0.05) is 12.1 Å². The van der Waals surface area contributed by atoms with Crippen LogP contribution in [0.1, 0.15) is 65.6 Å². The number of ketones is 2. The first-order valence-corrected chi connectivity index (χ1v) is 8.52. The molecule has 0 unspecified atom stereocenters. The number of Topliss-reactive ketones (excluding diaryl/α,β-unsaturated/α-hetero) is 2.